The van der Waals surface area contributed by atoms with Gasteiger partial charge in [-0.25, -0.2) is 4.98 Å². The van der Waals surface area contributed by atoms with Crippen LogP contribution in [0.5, 0.6) is 0 Å². The number of nitrogens with zero attached hydrogens (tertiary/aromatic N) is 4. The number of aliphatic imine (C=N–C) groups is 1. The van der Waals surface area contributed by atoms with Crippen LogP contribution in [0.25, 0.3) is 0 Å². The molecule has 0 radical (unpaired) electrons. The van der Waals surface area contributed by atoms with Gasteiger partial charge in [0.25, 0.3) is 0 Å². The summed E-state index contributed by atoms with van der Waals surface area (Å²) in [5.74, 6) is 1.46. The molecule has 0 amide bonds. The molecule has 3 rings (SSSR count). The molecule has 1 aromatic rings. The van der Waals surface area contributed by atoms with E-state index in [-0.39, 0.29) is 11.9 Å². The maximum absolute atomic E-state index is 12.2. The number of carbonyl (C=O) groups is 1. The molecule has 1 atom stereocenters. The number of nitrogens with one attached hydrogen (secondary N) is 1. The van der Waals surface area contributed by atoms with Crippen molar-refractivity contribution in [2.45, 2.75) is 53.0 Å². The van der Waals surface area contributed by atoms with Crippen LogP contribution in [-0.2, 0) is 16.1 Å². The lowest BCUT2D eigenvalue weighted by Crippen LogP contribution is -2.48. The van der Waals surface area contributed by atoms with Crippen molar-refractivity contribution in [3.8, 4) is 0 Å². The molecule has 3 heterocycles. The van der Waals surface area contributed by atoms with Crippen molar-refractivity contribution < 1.29 is 9.53 Å². The van der Waals surface area contributed by atoms with E-state index in [0.717, 1.165) is 63.1 Å². The molecule has 0 saturated carbocycles. The molecule has 8 heteroatoms. The van der Waals surface area contributed by atoms with Crippen LogP contribution in [0.15, 0.2) is 10.4 Å². The highest BCUT2D eigenvalue weighted by Gasteiger charge is 2.28. The summed E-state index contributed by atoms with van der Waals surface area (Å²) in [6.07, 6.45) is 4.27. The summed E-state index contributed by atoms with van der Waals surface area (Å²) in [5.41, 5.74) is 1.20. The number of ether oxygens (including phenoxy) is 1. The van der Waals surface area contributed by atoms with Crippen molar-refractivity contribution in [1.82, 2.24) is 20.1 Å². The van der Waals surface area contributed by atoms with E-state index in [1.165, 1.54) is 18.5 Å². The Morgan fingerprint density at radius 1 is 1.30 bits per heavy atom. The first-order valence-corrected chi connectivity index (χ1v) is 12.3. The normalized spacial score (nSPS) is 21.6. The largest absolute Gasteiger partial charge is 0.466 e. The van der Waals surface area contributed by atoms with Gasteiger partial charge in [0.05, 0.1) is 23.2 Å². The van der Waals surface area contributed by atoms with E-state index in [2.05, 4.69) is 39.3 Å². The Labute approximate surface area is 184 Å². The molecule has 0 unspecified atom stereocenters. The van der Waals surface area contributed by atoms with Gasteiger partial charge in [0.15, 0.2) is 5.96 Å². The van der Waals surface area contributed by atoms with Crippen molar-refractivity contribution in [1.29, 1.82) is 0 Å². The van der Waals surface area contributed by atoms with Gasteiger partial charge < -0.3 is 15.0 Å². The lowest BCUT2D eigenvalue weighted by Gasteiger charge is -2.34. The van der Waals surface area contributed by atoms with E-state index in [4.69, 9.17) is 9.73 Å². The van der Waals surface area contributed by atoms with E-state index < -0.39 is 0 Å². The number of hydrogen-bond acceptors (Lipinski definition) is 6. The summed E-state index contributed by atoms with van der Waals surface area (Å²) in [6.45, 7) is 13.0. The molecule has 1 N–H and O–H groups in total. The summed E-state index contributed by atoms with van der Waals surface area (Å²) in [4.78, 5) is 26.5. The smallest absolute Gasteiger partial charge is 0.310 e. The number of thiazole rings is 1. The molecule has 2 aliphatic heterocycles. The van der Waals surface area contributed by atoms with E-state index in [9.17, 15) is 4.79 Å². The van der Waals surface area contributed by atoms with E-state index in [1.54, 1.807) is 11.3 Å². The Kier molecular flexibility index (Phi) is 8.93. The van der Waals surface area contributed by atoms with Crippen molar-refractivity contribution >= 4 is 23.3 Å². The van der Waals surface area contributed by atoms with Gasteiger partial charge >= 0.3 is 5.97 Å². The minimum absolute atomic E-state index is 0.0415. The SMILES string of the molecule is CCNC(=NCC1CCN(Cc2csc(C)n2)CC1)N1CCC[C@H](C(=O)OCC)C1. The zero-order chi connectivity index (χ0) is 21.3. The third kappa shape index (κ3) is 6.67. The summed E-state index contributed by atoms with van der Waals surface area (Å²) in [5, 5.41) is 6.76. The first-order chi connectivity index (χ1) is 14.6. The number of aromatic nitrogens is 1. The predicted octanol–water partition coefficient (Wildman–Crippen LogP) is 2.90. The molecule has 0 aromatic carbocycles. The molecule has 2 fully saturated rings. The van der Waals surface area contributed by atoms with Crippen molar-refractivity contribution in [3.63, 3.8) is 0 Å². The van der Waals surface area contributed by atoms with Gasteiger partial charge in [-0.05, 0) is 65.5 Å². The average molecular weight is 436 g/mol. The van der Waals surface area contributed by atoms with Gasteiger partial charge in [0, 0.05) is 38.1 Å². The summed E-state index contributed by atoms with van der Waals surface area (Å²) in [6, 6.07) is 0. The number of hydrogen-bond donors (Lipinski definition) is 1. The second-order valence-corrected chi connectivity index (χ2v) is 9.37. The predicted molar refractivity (Wildman–Crippen MR) is 122 cm³/mol. The molecule has 168 valence electrons. The van der Waals surface area contributed by atoms with Gasteiger partial charge in [-0.15, -0.1) is 11.3 Å². The molecular formula is C22H37N5O2S. The minimum Gasteiger partial charge on any atom is -0.466 e. The van der Waals surface area contributed by atoms with E-state index in [1.807, 2.05) is 6.92 Å². The Balaban J connectivity index is 1.49. The maximum atomic E-state index is 12.2. The molecule has 1 aromatic heterocycles. The lowest BCUT2D eigenvalue weighted by molar-refractivity contribution is -0.149. The topological polar surface area (TPSA) is 70.1 Å². The quantitative estimate of drug-likeness (QED) is 0.403. The first-order valence-electron chi connectivity index (χ1n) is 11.4. The van der Waals surface area contributed by atoms with Crippen molar-refractivity contribution in [2.24, 2.45) is 16.8 Å². The minimum atomic E-state index is -0.0688. The van der Waals surface area contributed by atoms with Crippen LogP contribution in [0.2, 0.25) is 0 Å². The van der Waals surface area contributed by atoms with Gasteiger partial charge in [0.1, 0.15) is 0 Å². The molecule has 0 aliphatic carbocycles. The number of aryl methyl sites for hydroxylation is 1. The summed E-state index contributed by atoms with van der Waals surface area (Å²) >= 11 is 1.73. The fraction of sp³-hybridized carbons (Fsp3) is 0.773. The maximum Gasteiger partial charge on any atom is 0.310 e. The highest BCUT2D eigenvalue weighted by molar-refractivity contribution is 7.09. The Morgan fingerprint density at radius 3 is 2.77 bits per heavy atom. The fourth-order valence-electron chi connectivity index (χ4n) is 4.30. The van der Waals surface area contributed by atoms with Crippen LogP contribution >= 0.6 is 11.3 Å². The van der Waals surface area contributed by atoms with Crippen LogP contribution in [0.4, 0.5) is 0 Å². The fourth-order valence-corrected chi connectivity index (χ4v) is 4.90. The monoisotopic (exact) mass is 435 g/mol. The second kappa shape index (κ2) is 11.6. The highest BCUT2D eigenvalue weighted by Crippen LogP contribution is 2.21. The van der Waals surface area contributed by atoms with Crippen molar-refractivity contribution in [2.75, 3.05) is 45.9 Å². The standard InChI is InChI=1S/C22H37N5O2S/c1-4-23-22(27-10-6-7-19(14-27)21(28)29-5-2)24-13-18-8-11-26(12-9-18)15-20-16-30-17(3)25-20/h16,18-19H,4-15H2,1-3H3,(H,23,24)/t19-/m0/s1. The Hall–Kier alpha value is -1.67. The molecule has 2 saturated heterocycles. The van der Waals surface area contributed by atoms with Crippen molar-refractivity contribution in [3.05, 3.63) is 16.1 Å². The van der Waals surface area contributed by atoms with Gasteiger partial charge in [-0.1, -0.05) is 0 Å². The zero-order valence-electron chi connectivity index (χ0n) is 18.7. The molecule has 0 bridgehead atoms. The van der Waals surface area contributed by atoms with Crippen LogP contribution in [0.3, 0.4) is 0 Å². The first kappa shape index (κ1) is 23.0. The summed E-state index contributed by atoms with van der Waals surface area (Å²) < 4.78 is 5.24. The molecule has 0 spiro atoms. The lowest BCUT2D eigenvalue weighted by atomic mass is 9.97. The van der Waals surface area contributed by atoms with Crippen LogP contribution in [0, 0.1) is 18.8 Å². The third-order valence-corrected chi connectivity index (χ3v) is 6.76. The Bertz CT molecular complexity index is 699. The van der Waals surface area contributed by atoms with Gasteiger partial charge in [-0.3, -0.25) is 14.7 Å². The molecular weight excluding hydrogens is 398 g/mol. The molecule has 7 nitrogen and oxygen atoms in total. The highest BCUT2D eigenvalue weighted by atomic mass is 32.1. The summed E-state index contributed by atoms with van der Waals surface area (Å²) in [7, 11) is 0. The third-order valence-electron chi connectivity index (χ3n) is 5.93. The van der Waals surface area contributed by atoms with E-state index >= 15 is 0 Å². The number of likely N-dealkylation sites (tertiary alicyclic amines) is 2. The number of rotatable bonds is 7. The zero-order valence-corrected chi connectivity index (χ0v) is 19.5. The van der Waals surface area contributed by atoms with Crippen LogP contribution in [0.1, 0.15) is 50.2 Å². The van der Waals surface area contributed by atoms with Crippen LogP contribution in [-0.4, -0.2) is 72.6 Å². The Morgan fingerprint density at radius 2 is 2.10 bits per heavy atom. The number of carbonyl (C=O) groups excluding carboxylic acids is 1. The molecule has 2 aliphatic rings. The number of esters is 1. The van der Waals surface area contributed by atoms with E-state index in [0.29, 0.717) is 19.1 Å². The van der Waals surface area contributed by atoms with Crippen LogP contribution < -0.4 is 5.32 Å². The second-order valence-electron chi connectivity index (χ2n) is 8.31. The number of piperidine rings is 2. The molecule has 30 heavy (non-hydrogen) atoms. The van der Waals surface area contributed by atoms with Gasteiger partial charge in [0.2, 0.25) is 0 Å². The van der Waals surface area contributed by atoms with Gasteiger partial charge in [-0.2, -0.15) is 0 Å². The number of guanidine groups is 1. The average Bonchev–Trinajstić information content (AvgIpc) is 3.17.